The van der Waals surface area contributed by atoms with Crippen LogP contribution in [0.4, 0.5) is 27.5 Å². The van der Waals surface area contributed by atoms with Crippen molar-refractivity contribution >= 4 is 34.0 Å². The molecular formula is C19H16FN5O. The van der Waals surface area contributed by atoms with Gasteiger partial charge in [-0.05, 0) is 43.3 Å². The molecule has 4 N–H and O–H groups in total. The van der Waals surface area contributed by atoms with Crippen molar-refractivity contribution in [3.8, 4) is 5.75 Å². The Balaban J connectivity index is 1.60. The van der Waals surface area contributed by atoms with Gasteiger partial charge in [-0.3, -0.25) is 0 Å². The Morgan fingerprint density at radius 1 is 1.08 bits per heavy atom. The number of fused-ring (bicyclic) bond motifs is 1. The lowest BCUT2D eigenvalue weighted by Gasteiger charge is -2.10. The number of aromatic amines is 1. The first-order valence-corrected chi connectivity index (χ1v) is 8.02. The minimum absolute atomic E-state index is 0.140. The van der Waals surface area contributed by atoms with Gasteiger partial charge in [0, 0.05) is 34.5 Å². The minimum Gasteiger partial charge on any atom is -0.508 e. The quantitative estimate of drug-likeness (QED) is 0.433. The lowest BCUT2D eigenvalue weighted by molar-refractivity contribution is 0.475. The van der Waals surface area contributed by atoms with Gasteiger partial charge in [-0.2, -0.15) is 4.98 Å². The summed E-state index contributed by atoms with van der Waals surface area (Å²) in [7, 11) is 0. The van der Waals surface area contributed by atoms with Crippen molar-refractivity contribution in [2.24, 2.45) is 0 Å². The molecule has 0 fully saturated rings. The van der Waals surface area contributed by atoms with Crippen molar-refractivity contribution in [2.75, 3.05) is 10.6 Å². The highest BCUT2D eigenvalue weighted by atomic mass is 19.1. The third-order valence-electron chi connectivity index (χ3n) is 3.89. The molecule has 0 unspecified atom stereocenters. The lowest BCUT2D eigenvalue weighted by Crippen LogP contribution is -2.01. The van der Waals surface area contributed by atoms with Crippen LogP contribution in [0.5, 0.6) is 5.75 Å². The van der Waals surface area contributed by atoms with Gasteiger partial charge in [-0.15, -0.1) is 0 Å². The van der Waals surface area contributed by atoms with Gasteiger partial charge in [-0.1, -0.05) is 6.07 Å². The van der Waals surface area contributed by atoms with Gasteiger partial charge in [-0.25, -0.2) is 9.37 Å². The molecule has 130 valence electrons. The number of nitrogens with zero attached hydrogens (tertiary/aromatic N) is 2. The maximum atomic E-state index is 14.7. The van der Waals surface area contributed by atoms with E-state index in [1.54, 1.807) is 48.7 Å². The summed E-state index contributed by atoms with van der Waals surface area (Å²) in [6.07, 6.45) is 1.57. The summed E-state index contributed by atoms with van der Waals surface area (Å²) in [4.78, 5) is 11.6. The molecule has 0 aliphatic carbocycles. The second-order valence-corrected chi connectivity index (χ2v) is 5.91. The molecular weight excluding hydrogens is 333 g/mol. The Bertz CT molecular complexity index is 1090. The molecule has 0 amide bonds. The van der Waals surface area contributed by atoms with E-state index in [2.05, 4.69) is 25.6 Å². The predicted octanol–water partition coefficient (Wildman–Crippen LogP) is 4.60. The molecule has 4 aromatic rings. The van der Waals surface area contributed by atoms with Crippen LogP contribution in [-0.4, -0.2) is 20.1 Å². The van der Waals surface area contributed by atoms with Crippen LogP contribution in [0.15, 0.2) is 54.7 Å². The number of halogens is 1. The van der Waals surface area contributed by atoms with E-state index in [-0.39, 0.29) is 11.6 Å². The number of hydrogen-bond acceptors (Lipinski definition) is 5. The van der Waals surface area contributed by atoms with Gasteiger partial charge in [0.15, 0.2) is 5.82 Å². The van der Waals surface area contributed by atoms with Crippen LogP contribution < -0.4 is 10.6 Å². The number of anilines is 4. The molecule has 0 saturated carbocycles. The highest BCUT2D eigenvalue weighted by molar-refractivity contribution is 5.85. The van der Waals surface area contributed by atoms with Crippen molar-refractivity contribution in [1.82, 2.24) is 15.0 Å². The molecule has 2 aromatic heterocycles. The third kappa shape index (κ3) is 3.14. The van der Waals surface area contributed by atoms with E-state index < -0.39 is 0 Å². The number of benzene rings is 2. The fourth-order valence-electron chi connectivity index (χ4n) is 2.74. The second kappa shape index (κ2) is 6.36. The standard InChI is InChI=1S/C19H16FN5O/c1-11-9-14-15(22-11)5-6-16(18(14)20)24-17-7-8-21-19(25-17)23-12-3-2-4-13(26)10-12/h2-10,22,26H,1H3,(H2,21,23,24,25). The Labute approximate surface area is 148 Å². The molecule has 0 saturated heterocycles. The molecule has 0 aliphatic rings. The van der Waals surface area contributed by atoms with Crippen molar-refractivity contribution in [3.05, 3.63) is 66.2 Å². The molecule has 4 rings (SSSR count). The number of aromatic nitrogens is 3. The number of aryl methyl sites for hydroxylation is 1. The average Bonchev–Trinajstić information content (AvgIpc) is 2.99. The molecule has 6 nitrogen and oxygen atoms in total. The maximum Gasteiger partial charge on any atom is 0.229 e. The summed E-state index contributed by atoms with van der Waals surface area (Å²) in [5.74, 6) is 0.585. The second-order valence-electron chi connectivity index (χ2n) is 5.91. The van der Waals surface area contributed by atoms with E-state index >= 15 is 0 Å². The summed E-state index contributed by atoms with van der Waals surface area (Å²) >= 11 is 0. The maximum absolute atomic E-state index is 14.7. The molecule has 7 heteroatoms. The fraction of sp³-hybridized carbons (Fsp3) is 0.0526. The Kier molecular flexibility index (Phi) is 3.89. The Morgan fingerprint density at radius 2 is 1.96 bits per heavy atom. The summed E-state index contributed by atoms with van der Waals surface area (Å²) in [6, 6.07) is 13.5. The normalized spacial score (nSPS) is 10.8. The molecule has 26 heavy (non-hydrogen) atoms. The van der Waals surface area contributed by atoms with Crippen LogP contribution in [0.25, 0.3) is 10.9 Å². The van der Waals surface area contributed by atoms with E-state index in [9.17, 15) is 9.50 Å². The van der Waals surface area contributed by atoms with Crippen molar-refractivity contribution < 1.29 is 9.50 Å². The molecule has 2 heterocycles. The smallest absolute Gasteiger partial charge is 0.229 e. The number of H-pyrrole nitrogens is 1. The van der Waals surface area contributed by atoms with Crippen LogP contribution in [0.1, 0.15) is 5.69 Å². The topological polar surface area (TPSA) is 85.9 Å². The van der Waals surface area contributed by atoms with Gasteiger partial charge in [0.05, 0.1) is 5.69 Å². The van der Waals surface area contributed by atoms with E-state index in [0.717, 1.165) is 11.2 Å². The molecule has 0 atom stereocenters. The van der Waals surface area contributed by atoms with E-state index in [1.165, 1.54) is 0 Å². The monoisotopic (exact) mass is 349 g/mol. The van der Waals surface area contributed by atoms with Gasteiger partial charge < -0.3 is 20.7 Å². The fourth-order valence-corrected chi connectivity index (χ4v) is 2.74. The molecule has 2 aromatic carbocycles. The predicted molar refractivity (Wildman–Crippen MR) is 99.7 cm³/mol. The largest absolute Gasteiger partial charge is 0.508 e. The summed E-state index contributed by atoms with van der Waals surface area (Å²) in [6.45, 7) is 1.89. The zero-order valence-electron chi connectivity index (χ0n) is 13.9. The number of aromatic hydroxyl groups is 1. The first-order valence-electron chi connectivity index (χ1n) is 8.02. The Morgan fingerprint density at radius 3 is 2.81 bits per heavy atom. The van der Waals surface area contributed by atoms with Crippen molar-refractivity contribution in [2.45, 2.75) is 6.92 Å². The van der Waals surface area contributed by atoms with Crippen molar-refractivity contribution in [1.29, 1.82) is 0 Å². The van der Waals surface area contributed by atoms with Gasteiger partial charge >= 0.3 is 0 Å². The van der Waals surface area contributed by atoms with Gasteiger partial charge in [0.1, 0.15) is 11.6 Å². The van der Waals surface area contributed by atoms with E-state index in [1.807, 2.05) is 13.0 Å². The number of rotatable bonds is 4. The average molecular weight is 349 g/mol. The molecule has 0 aliphatic heterocycles. The number of phenolic OH excluding ortho intramolecular Hbond substituents is 1. The van der Waals surface area contributed by atoms with Gasteiger partial charge in [0.25, 0.3) is 0 Å². The third-order valence-corrected chi connectivity index (χ3v) is 3.89. The van der Waals surface area contributed by atoms with Crippen LogP contribution >= 0.6 is 0 Å². The summed E-state index contributed by atoms with van der Waals surface area (Å²) in [5, 5.41) is 16.0. The highest BCUT2D eigenvalue weighted by Crippen LogP contribution is 2.27. The molecule has 0 radical (unpaired) electrons. The molecule has 0 spiro atoms. The lowest BCUT2D eigenvalue weighted by atomic mass is 10.2. The van der Waals surface area contributed by atoms with Crippen LogP contribution in [0.2, 0.25) is 0 Å². The number of phenols is 1. The van der Waals surface area contributed by atoms with Crippen LogP contribution in [0, 0.1) is 12.7 Å². The van der Waals surface area contributed by atoms with Crippen LogP contribution in [-0.2, 0) is 0 Å². The first-order chi connectivity index (χ1) is 12.6. The van der Waals surface area contributed by atoms with E-state index in [4.69, 9.17) is 0 Å². The summed E-state index contributed by atoms with van der Waals surface area (Å²) < 4.78 is 14.7. The van der Waals surface area contributed by atoms with Crippen LogP contribution in [0.3, 0.4) is 0 Å². The van der Waals surface area contributed by atoms with E-state index in [0.29, 0.717) is 28.5 Å². The van der Waals surface area contributed by atoms with Crippen molar-refractivity contribution in [3.63, 3.8) is 0 Å². The Hall–Kier alpha value is -3.61. The summed E-state index contributed by atoms with van der Waals surface area (Å²) in [5.41, 5.74) is 2.63. The number of nitrogens with one attached hydrogen (secondary N) is 3. The highest BCUT2D eigenvalue weighted by Gasteiger charge is 2.10. The minimum atomic E-state index is -0.340. The SMILES string of the molecule is Cc1cc2c(F)c(Nc3ccnc(Nc4cccc(O)c4)n3)ccc2[nH]1. The zero-order valence-corrected chi connectivity index (χ0v) is 13.9. The first kappa shape index (κ1) is 15.9. The zero-order chi connectivity index (χ0) is 18.1. The van der Waals surface area contributed by atoms with Gasteiger partial charge in [0.2, 0.25) is 5.95 Å². The number of hydrogen-bond donors (Lipinski definition) is 4. The molecule has 0 bridgehead atoms.